The minimum absolute atomic E-state index is 0.141. The van der Waals surface area contributed by atoms with Gasteiger partial charge in [0, 0.05) is 25.3 Å². The van der Waals surface area contributed by atoms with Crippen LogP contribution in [0.2, 0.25) is 0 Å². The highest BCUT2D eigenvalue weighted by atomic mass is 79.9. The van der Waals surface area contributed by atoms with Gasteiger partial charge in [-0.15, -0.1) is 0 Å². The van der Waals surface area contributed by atoms with Gasteiger partial charge >= 0.3 is 0 Å². The third-order valence-corrected chi connectivity index (χ3v) is 4.31. The van der Waals surface area contributed by atoms with Crippen molar-refractivity contribution in [3.05, 3.63) is 28.0 Å². The molecule has 0 atom stereocenters. The number of amidine groups is 1. The molecule has 2 rings (SSSR count). The van der Waals surface area contributed by atoms with E-state index in [4.69, 9.17) is 15.9 Å². The maximum atomic E-state index is 14.4. The highest BCUT2D eigenvalue weighted by Crippen LogP contribution is 2.31. The van der Waals surface area contributed by atoms with Gasteiger partial charge in [0.2, 0.25) is 0 Å². The largest absolute Gasteiger partial charge is 0.384 e. The quantitative estimate of drug-likeness (QED) is 0.652. The molecule has 110 valence electrons. The molecule has 6 heteroatoms. The van der Waals surface area contributed by atoms with Crippen molar-refractivity contribution in [1.82, 2.24) is 0 Å². The first-order valence-corrected chi connectivity index (χ1v) is 7.52. The van der Waals surface area contributed by atoms with Gasteiger partial charge in [-0.1, -0.05) is 0 Å². The van der Waals surface area contributed by atoms with Crippen LogP contribution < -0.4 is 10.6 Å². The van der Waals surface area contributed by atoms with Crippen LogP contribution in [0.1, 0.15) is 25.3 Å². The molecule has 0 saturated carbocycles. The monoisotopic (exact) mass is 343 g/mol. The molecule has 20 heavy (non-hydrogen) atoms. The van der Waals surface area contributed by atoms with Crippen LogP contribution in [0.5, 0.6) is 0 Å². The molecule has 1 fully saturated rings. The number of nitrogen functional groups attached to an aromatic ring is 1. The minimum Gasteiger partial charge on any atom is -0.384 e. The van der Waals surface area contributed by atoms with Crippen molar-refractivity contribution in [3.8, 4) is 0 Å². The summed E-state index contributed by atoms with van der Waals surface area (Å²) in [5.41, 5.74) is 6.36. The molecule has 3 N–H and O–H groups in total. The lowest BCUT2D eigenvalue weighted by Crippen LogP contribution is -2.37. The number of rotatable bonds is 4. The third-order valence-electron chi connectivity index (χ3n) is 3.54. The van der Waals surface area contributed by atoms with E-state index in [1.54, 1.807) is 12.1 Å². The van der Waals surface area contributed by atoms with Gasteiger partial charge in [0.1, 0.15) is 5.84 Å². The summed E-state index contributed by atoms with van der Waals surface area (Å²) in [6.07, 6.45) is 2.08. The van der Waals surface area contributed by atoms with E-state index in [1.807, 2.05) is 11.8 Å². The lowest BCUT2D eigenvalue weighted by molar-refractivity contribution is 0.0458. The maximum Gasteiger partial charge on any atom is 0.161 e. The Labute approximate surface area is 126 Å². The molecule has 1 aliphatic rings. The summed E-state index contributed by atoms with van der Waals surface area (Å²) in [4.78, 5) is 2.01. The Bertz CT molecular complexity index is 501. The zero-order valence-electron chi connectivity index (χ0n) is 11.5. The minimum atomic E-state index is -0.354. The Morgan fingerprint density at radius 2 is 2.15 bits per heavy atom. The van der Waals surface area contributed by atoms with Gasteiger partial charge in [-0.25, -0.2) is 4.39 Å². The van der Waals surface area contributed by atoms with E-state index >= 15 is 0 Å². The molecule has 0 bridgehead atoms. The van der Waals surface area contributed by atoms with Crippen LogP contribution in [0.25, 0.3) is 0 Å². The smallest absolute Gasteiger partial charge is 0.161 e. The van der Waals surface area contributed by atoms with E-state index in [-0.39, 0.29) is 22.2 Å². The summed E-state index contributed by atoms with van der Waals surface area (Å²) < 4.78 is 20.2. The molecule has 0 aliphatic carbocycles. The second-order valence-electron chi connectivity index (χ2n) is 4.82. The van der Waals surface area contributed by atoms with Crippen molar-refractivity contribution in [1.29, 1.82) is 5.41 Å². The summed E-state index contributed by atoms with van der Waals surface area (Å²) >= 11 is 3.19. The van der Waals surface area contributed by atoms with Crippen molar-refractivity contribution >= 4 is 27.5 Å². The first-order chi connectivity index (χ1) is 9.54. The fourth-order valence-electron chi connectivity index (χ4n) is 2.49. The predicted octanol–water partition coefficient (Wildman–Crippen LogP) is 2.88. The van der Waals surface area contributed by atoms with Crippen LogP contribution in [0.15, 0.2) is 16.6 Å². The predicted molar refractivity (Wildman–Crippen MR) is 82.0 cm³/mol. The van der Waals surface area contributed by atoms with Crippen LogP contribution in [0.4, 0.5) is 10.1 Å². The normalized spacial score (nSPS) is 16.4. The number of hydrogen-bond donors (Lipinski definition) is 2. The van der Waals surface area contributed by atoms with Gasteiger partial charge in [-0.05, 0) is 47.8 Å². The third kappa shape index (κ3) is 3.12. The van der Waals surface area contributed by atoms with Gasteiger partial charge in [0.15, 0.2) is 5.82 Å². The molecule has 0 unspecified atom stereocenters. The Morgan fingerprint density at radius 3 is 2.70 bits per heavy atom. The zero-order valence-corrected chi connectivity index (χ0v) is 13.0. The summed E-state index contributed by atoms with van der Waals surface area (Å²) in [5.74, 6) is -0.495. The van der Waals surface area contributed by atoms with E-state index in [2.05, 4.69) is 15.9 Å². The highest BCUT2D eigenvalue weighted by Gasteiger charge is 2.23. The number of hydrogen-bond acceptors (Lipinski definition) is 3. The first kappa shape index (κ1) is 15.3. The zero-order chi connectivity index (χ0) is 14.7. The Kier molecular flexibility index (Phi) is 4.99. The van der Waals surface area contributed by atoms with Crippen LogP contribution in [0, 0.1) is 11.2 Å². The number of halogens is 2. The second-order valence-corrected chi connectivity index (χ2v) is 5.61. The van der Waals surface area contributed by atoms with Crippen molar-refractivity contribution in [3.63, 3.8) is 0 Å². The summed E-state index contributed by atoms with van der Waals surface area (Å²) in [6, 6.07) is 3.37. The van der Waals surface area contributed by atoms with Crippen molar-refractivity contribution in [2.75, 3.05) is 24.6 Å². The van der Waals surface area contributed by atoms with Crippen LogP contribution in [-0.4, -0.2) is 31.6 Å². The second kappa shape index (κ2) is 6.54. The van der Waals surface area contributed by atoms with E-state index in [1.165, 1.54) is 0 Å². The molecule has 4 nitrogen and oxygen atoms in total. The molecule has 1 aliphatic heterocycles. The van der Waals surface area contributed by atoms with E-state index < -0.39 is 0 Å². The van der Waals surface area contributed by atoms with Crippen LogP contribution >= 0.6 is 15.9 Å². The van der Waals surface area contributed by atoms with E-state index in [0.717, 1.165) is 32.5 Å². The lowest BCUT2D eigenvalue weighted by atomic mass is 10.1. The summed E-state index contributed by atoms with van der Waals surface area (Å²) in [5, 5.41) is 7.41. The molecule has 1 aromatic rings. The first-order valence-electron chi connectivity index (χ1n) is 6.73. The molecule has 0 amide bonds. The molecular weight excluding hydrogens is 325 g/mol. The molecule has 0 spiro atoms. The van der Waals surface area contributed by atoms with E-state index in [9.17, 15) is 4.39 Å². The van der Waals surface area contributed by atoms with Crippen LogP contribution in [0.3, 0.4) is 0 Å². The van der Waals surface area contributed by atoms with Crippen LogP contribution in [-0.2, 0) is 4.74 Å². The number of benzene rings is 1. The SMILES string of the molecule is CCOC1CCN(c2ccc(C(=N)N)c(Br)c2F)CC1. The average molecular weight is 344 g/mol. The summed E-state index contributed by atoms with van der Waals surface area (Å²) in [6.45, 7) is 4.25. The molecule has 0 aromatic heterocycles. The fourth-order valence-corrected chi connectivity index (χ4v) is 3.04. The van der Waals surface area contributed by atoms with Gasteiger partial charge in [-0.3, -0.25) is 5.41 Å². The molecule has 1 aromatic carbocycles. The van der Waals surface area contributed by atoms with Gasteiger partial charge in [0.25, 0.3) is 0 Å². The van der Waals surface area contributed by atoms with Crippen molar-refractivity contribution in [2.24, 2.45) is 5.73 Å². The van der Waals surface area contributed by atoms with Gasteiger partial charge in [-0.2, -0.15) is 0 Å². The standard InChI is InChI=1S/C14H19BrFN3O/c1-2-20-9-5-7-19(8-6-9)11-4-3-10(14(17)18)12(15)13(11)16/h3-4,9H,2,5-8H2,1H3,(H3,17,18). The molecule has 1 heterocycles. The molecule has 0 radical (unpaired) electrons. The number of nitrogens with zero attached hydrogens (tertiary/aromatic N) is 1. The Morgan fingerprint density at radius 1 is 1.50 bits per heavy atom. The highest BCUT2D eigenvalue weighted by molar-refractivity contribution is 9.10. The number of nitrogens with two attached hydrogens (primary N) is 1. The average Bonchev–Trinajstić information content (AvgIpc) is 2.43. The number of ether oxygens (including phenoxy) is 1. The topological polar surface area (TPSA) is 62.3 Å². The van der Waals surface area contributed by atoms with Gasteiger partial charge in [0.05, 0.1) is 16.3 Å². The van der Waals surface area contributed by atoms with Gasteiger partial charge < -0.3 is 15.4 Å². The summed E-state index contributed by atoms with van der Waals surface area (Å²) in [7, 11) is 0. The van der Waals surface area contributed by atoms with Crippen molar-refractivity contribution < 1.29 is 9.13 Å². The molecular formula is C14H19BrFN3O. The maximum absolute atomic E-state index is 14.4. The number of piperidine rings is 1. The Balaban J connectivity index is 2.15. The van der Waals surface area contributed by atoms with Crippen molar-refractivity contribution in [2.45, 2.75) is 25.9 Å². The lowest BCUT2D eigenvalue weighted by Gasteiger charge is -2.33. The number of anilines is 1. The molecule has 1 saturated heterocycles. The number of nitrogens with one attached hydrogen (secondary N) is 1. The van der Waals surface area contributed by atoms with E-state index in [0.29, 0.717) is 11.3 Å². The Hall–Kier alpha value is -1.14. The fraction of sp³-hybridized carbons (Fsp3) is 0.500.